The van der Waals surface area contributed by atoms with Gasteiger partial charge in [-0.05, 0) is 17.7 Å². The molecule has 1 aliphatic heterocycles. The first kappa shape index (κ1) is 22.9. The maximum Gasteiger partial charge on any atom is 0.295 e. The molecule has 0 saturated carbocycles. The number of hydrogen-bond acceptors (Lipinski definition) is 8. The third kappa shape index (κ3) is 4.61. The molecule has 2 aromatic carbocycles. The number of hydrogen-bond donors (Lipinski definition) is 2. The molecular weight excluding hydrogens is 420 g/mol. The van der Waals surface area contributed by atoms with Gasteiger partial charge in [-0.25, -0.2) is 0 Å². The number of aliphatic hydroxyl groups excluding tert-OH is 2. The number of ether oxygens (including phenoxy) is 2. The largest absolute Gasteiger partial charge is 0.507 e. The molecular formula is C22H22N2O8. The first-order chi connectivity index (χ1) is 15.4. The third-order valence-electron chi connectivity index (χ3n) is 4.99. The monoisotopic (exact) mass is 442 g/mol. The van der Waals surface area contributed by atoms with Crippen LogP contribution in [0.3, 0.4) is 0 Å². The van der Waals surface area contributed by atoms with Crippen LogP contribution in [-0.4, -0.2) is 65.2 Å². The second kappa shape index (κ2) is 10.0. The van der Waals surface area contributed by atoms with Gasteiger partial charge in [0.05, 0.1) is 43.5 Å². The molecule has 1 saturated heterocycles. The van der Waals surface area contributed by atoms with Crippen molar-refractivity contribution in [2.45, 2.75) is 6.04 Å². The summed E-state index contributed by atoms with van der Waals surface area (Å²) in [4.78, 5) is 37.5. The number of carbonyl (C=O) groups is 2. The summed E-state index contributed by atoms with van der Waals surface area (Å²) in [6.45, 7) is -0.0323. The lowest BCUT2D eigenvalue weighted by Crippen LogP contribution is -2.33. The number of nitro groups is 1. The normalized spacial score (nSPS) is 17.6. The van der Waals surface area contributed by atoms with Crippen LogP contribution in [0.25, 0.3) is 5.76 Å². The fourth-order valence-electron chi connectivity index (χ4n) is 3.52. The molecule has 10 nitrogen and oxygen atoms in total. The zero-order valence-corrected chi connectivity index (χ0v) is 17.3. The van der Waals surface area contributed by atoms with Gasteiger partial charge in [0.2, 0.25) is 0 Å². The van der Waals surface area contributed by atoms with E-state index in [4.69, 9.17) is 14.6 Å². The molecule has 32 heavy (non-hydrogen) atoms. The fraction of sp³-hybridized carbons (Fsp3) is 0.273. The van der Waals surface area contributed by atoms with Gasteiger partial charge in [-0.2, -0.15) is 0 Å². The molecule has 0 aliphatic carbocycles. The Balaban J connectivity index is 2.11. The van der Waals surface area contributed by atoms with Crippen LogP contribution >= 0.6 is 0 Å². The molecule has 0 aromatic heterocycles. The van der Waals surface area contributed by atoms with Crippen molar-refractivity contribution in [3.05, 3.63) is 75.3 Å². The van der Waals surface area contributed by atoms with E-state index in [2.05, 4.69) is 0 Å². The fourth-order valence-corrected chi connectivity index (χ4v) is 3.52. The maximum absolute atomic E-state index is 12.9. The molecule has 2 aromatic rings. The van der Waals surface area contributed by atoms with Crippen LogP contribution < -0.4 is 4.74 Å². The molecule has 1 unspecified atom stereocenters. The van der Waals surface area contributed by atoms with E-state index in [-0.39, 0.29) is 43.2 Å². The van der Waals surface area contributed by atoms with Crippen LogP contribution in [0.5, 0.6) is 5.75 Å². The number of Topliss-reactive ketones (excluding diaryl/α,β-unsaturated/α-hetero) is 1. The molecule has 1 atom stereocenters. The Morgan fingerprint density at radius 3 is 2.59 bits per heavy atom. The summed E-state index contributed by atoms with van der Waals surface area (Å²) in [7, 11) is 1.47. The standard InChI is InChI=1S/C22H22N2O8/c1-31-17-7-3-4-14(13-17)19-18(20(26)15-5-2-6-16(12-15)24(29)30)21(27)22(28)23(19)8-10-32-11-9-25/h2-7,12-13,19,25-26H,8-11H2,1H3. The van der Waals surface area contributed by atoms with Crippen molar-refractivity contribution >= 4 is 23.1 Å². The van der Waals surface area contributed by atoms with Crippen LogP contribution in [0.4, 0.5) is 5.69 Å². The first-order valence-corrected chi connectivity index (χ1v) is 9.74. The van der Waals surface area contributed by atoms with Gasteiger partial charge in [-0.1, -0.05) is 24.3 Å². The molecule has 10 heteroatoms. The molecule has 0 bridgehead atoms. The average molecular weight is 442 g/mol. The SMILES string of the molecule is COc1cccc(C2C(=C(O)c3cccc([N+](=O)[O-])c3)C(=O)C(=O)N2CCOCCO)c1. The van der Waals surface area contributed by atoms with Crippen LogP contribution in [0.15, 0.2) is 54.1 Å². The smallest absolute Gasteiger partial charge is 0.295 e. The highest BCUT2D eigenvalue weighted by Gasteiger charge is 2.46. The minimum atomic E-state index is -0.956. The summed E-state index contributed by atoms with van der Waals surface area (Å²) in [5.41, 5.74) is 0.101. The Hall–Kier alpha value is -3.76. The van der Waals surface area contributed by atoms with E-state index in [9.17, 15) is 24.8 Å². The molecule has 1 amide bonds. The van der Waals surface area contributed by atoms with Gasteiger partial charge in [0, 0.05) is 24.2 Å². The summed E-state index contributed by atoms with van der Waals surface area (Å²) in [6.07, 6.45) is 0. The number of likely N-dealkylation sites (tertiary alicyclic amines) is 1. The van der Waals surface area contributed by atoms with Crippen molar-refractivity contribution in [3.8, 4) is 5.75 Å². The highest BCUT2D eigenvalue weighted by Crippen LogP contribution is 2.40. The van der Waals surface area contributed by atoms with Gasteiger partial charge in [-0.15, -0.1) is 0 Å². The van der Waals surface area contributed by atoms with Crippen LogP contribution in [0.1, 0.15) is 17.2 Å². The number of amides is 1. The van der Waals surface area contributed by atoms with Crippen molar-refractivity contribution in [1.82, 2.24) is 4.90 Å². The average Bonchev–Trinajstić information content (AvgIpc) is 3.06. The lowest BCUT2D eigenvalue weighted by molar-refractivity contribution is -0.384. The molecule has 2 N–H and O–H groups in total. The van der Waals surface area contributed by atoms with E-state index in [1.54, 1.807) is 24.3 Å². The van der Waals surface area contributed by atoms with E-state index in [1.807, 2.05) is 0 Å². The number of nitrogens with zero attached hydrogens (tertiary/aromatic N) is 2. The van der Waals surface area contributed by atoms with Crippen LogP contribution in [0.2, 0.25) is 0 Å². The summed E-state index contributed by atoms with van der Waals surface area (Å²) >= 11 is 0. The highest BCUT2D eigenvalue weighted by molar-refractivity contribution is 6.46. The molecule has 1 fully saturated rings. The predicted molar refractivity (Wildman–Crippen MR) is 113 cm³/mol. The zero-order valence-electron chi connectivity index (χ0n) is 17.3. The molecule has 1 aliphatic rings. The highest BCUT2D eigenvalue weighted by atomic mass is 16.6. The second-order valence-electron chi connectivity index (χ2n) is 6.91. The lowest BCUT2D eigenvalue weighted by Gasteiger charge is -2.25. The topological polar surface area (TPSA) is 139 Å². The van der Waals surface area contributed by atoms with Crippen LogP contribution in [-0.2, 0) is 14.3 Å². The zero-order chi connectivity index (χ0) is 23.3. The Labute approximate surface area is 183 Å². The van der Waals surface area contributed by atoms with Crippen molar-refractivity contribution in [2.75, 3.05) is 33.5 Å². The predicted octanol–water partition coefficient (Wildman–Crippen LogP) is 2.03. The number of carbonyl (C=O) groups excluding carboxylic acids is 2. The van der Waals surface area contributed by atoms with Crippen molar-refractivity contribution < 1.29 is 34.2 Å². The molecule has 0 radical (unpaired) electrons. The molecule has 3 rings (SSSR count). The third-order valence-corrected chi connectivity index (χ3v) is 4.99. The van der Waals surface area contributed by atoms with Gasteiger partial charge in [0.1, 0.15) is 11.5 Å². The Bertz CT molecular complexity index is 1070. The van der Waals surface area contributed by atoms with E-state index >= 15 is 0 Å². The Kier molecular flexibility index (Phi) is 7.18. The number of aliphatic hydroxyl groups is 2. The second-order valence-corrected chi connectivity index (χ2v) is 6.91. The van der Waals surface area contributed by atoms with E-state index < -0.39 is 28.4 Å². The quantitative estimate of drug-likeness (QED) is 0.150. The van der Waals surface area contributed by atoms with Crippen molar-refractivity contribution in [2.24, 2.45) is 0 Å². The number of ketones is 1. The first-order valence-electron chi connectivity index (χ1n) is 9.74. The molecule has 0 spiro atoms. The summed E-state index contributed by atoms with van der Waals surface area (Å²) in [5, 5.41) is 31.0. The molecule has 168 valence electrons. The summed E-state index contributed by atoms with van der Waals surface area (Å²) < 4.78 is 10.5. The number of benzene rings is 2. The van der Waals surface area contributed by atoms with Crippen molar-refractivity contribution in [1.29, 1.82) is 0 Å². The lowest BCUT2D eigenvalue weighted by atomic mass is 9.95. The summed E-state index contributed by atoms with van der Waals surface area (Å²) in [6, 6.07) is 10.9. The Morgan fingerprint density at radius 1 is 1.16 bits per heavy atom. The van der Waals surface area contributed by atoms with E-state index in [1.165, 1.54) is 30.2 Å². The maximum atomic E-state index is 12.9. The van der Waals surface area contributed by atoms with Gasteiger partial charge >= 0.3 is 0 Å². The number of rotatable bonds is 9. The van der Waals surface area contributed by atoms with Gasteiger partial charge in [0.15, 0.2) is 0 Å². The van der Waals surface area contributed by atoms with E-state index in [0.717, 1.165) is 6.07 Å². The van der Waals surface area contributed by atoms with Gasteiger partial charge < -0.3 is 24.6 Å². The Morgan fingerprint density at radius 2 is 1.91 bits per heavy atom. The number of non-ortho nitro benzene ring substituents is 1. The van der Waals surface area contributed by atoms with Gasteiger partial charge in [0.25, 0.3) is 17.4 Å². The minimum absolute atomic E-state index is 0.0260. The summed E-state index contributed by atoms with van der Waals surface area (Å²) in [5.74, 6) is -1.78. The van der Waals surface area contributed by atoms with Gasteiger partial charge in [-0.3, -0.25) is 19.7 Å². The van der Waals surface area contributed by atoms with E-state index in [0.29, 0.717) is 11.3 Å². The number of nitro benzene ring substituents is 1. The van der Waals surface area contributed by atoms with Crippen LogP contribution in [0, 0.1) is 10.1 Å². The number of methoxy groups -OCH3 is 1. The minimum Gasteiger partial charge on any atom is -0.507 e. The molecule has 1 heterocycles. The van der Waals surface area contributed by atoms with Crippen molar-refractivity contribution in [3.63, 3.8) is 0 Å².